The fourth-order valence-electron chi connectivity index (χ4n) is 7.46. The van der Waals surface area contributed by atoms with Crippen LogP contribution in [-0.4, -0.2) is 16.4 Å². The summed E-state index contributed by atoms with van der Waals surface area (Å²) in [7, 11) is 0. The van der Waals surface area contributed by atoms with Gasteiger partial charge in [0.15, 0.2) is 0 Å². The SMILES string of the molecule is Nc1c(C(=O)NC23CC4CC(CC(C4)C2)C3)sc2nc(-c3ccccc3)cc(-c3ccc(F)cc3)c12. The van der Waals surface area contributed by atoms with E-state index in [2.05, 4.69) is 5.32 Å². The van der Waals surface area contributed by atoms with E-state index < -0.39 is 0 Å². The molecule has 0 spiro atoms. The molecular weight excluding hydrogens is 469 g/mol. The van der Waals surface area contributed by atoms with Crippen LogP contribution >= 0.6 is 11.3 Å². The van der Waals surface area contributed by atoms with Crippen LogP contribution < -0.4 is 11.1 Å². The lowest BCUT2D eigenvalue weighted by Gasteiger charge is -2.56. The molecule has 8 rings (SSSR count). The zero-order chi connectivity index (χ0) is 24.4. The van der Waals surface area contributed by atoms with Crippen molar-refractivity contribution in [1.82, 2.24) is 10.3 Å². The Kier molecular flexibility index (Phi) is 4.97. The van der Waals surface area contributed by atoms with Crippen molar-refractivity contribution >= 4 is 33.1 Å². The number of carbonyl (C=O) groups excluding carboxylic acids is 1. The molecule has 0 aliphatic heterocycles. The number of thiophene rings is 1. The van der Waals surface area contributed by atoms with Gasteiger partial charge in [0, 0.05) is 16.5 Å². The number of carbonyl (C=O) groups is 1. The van der Waals surface area contributed by atoms with Crippen molar-refractivity contribution in [3.05, 3.63) is 71.4 Å². The van der Waals surface area contributed by atoms with E-state index in [9.17, 15) is 9.18 Å². The Labute approximate surface area is 213 Å². The number of hydrogen-bond donors (Lipinski definition) is 2. The second-order valence-corrected chi connectivity index (χ2v) is 12.1. The van der Waals surface area contributed by atoms with Crippen LogP contribution in [0.15, 0.2) is 60.7 Å². The van der Waals surface area contributed by atoms with Crippen LogP contribution in [0.2, 0.25) is 0 Å². The predicted octanol–water partition coefficient (Wildman–Crippen LogP) is 7.05. The number of aromatic nitrogens is 1. The summed E-state index contributed by atoms with van der Waals surface area (Å²) in [5, 5.41) is 4.24. The van der Waals surface area contributed by atoms with Gasteiger partial charge in [-0.15, -0.1) is 11.3 Å². The maximum Gasteiger partial charge on any atom is 0.264 e. The highest BCUT2D eigenvalue weighted by molar-refractivity contribution is 7.21. The third kappa shape index (κ3) is 3.62. The number of nitrogen functional groups attached to an aromatic ring is 1. The number of nitrogens with one attached hydrogen (secondary N) is 1. The maximum absolute atomic E-state index is 13.7. The van der Waals surface area contributed by atoms with Crippen LogP contribution in [0.4, 0.5) is 10.1 Å². The van der Waals surface area contributed by atoms with Crippen molar-refractivity contribution in [2.24, 2.45) is 17.8 Å². The fourth-order valence-corrected chi connectivity index (χ4v) is 8.48. The number of nitrogens with two attached hydrogens (primary N) is 1. The molecule has 2 heterocycles. The standard InChI is InChI=1S/C30H28FN3OS/c31-22-8-6-20(7-9-22)23-13-24(21-4-2-1-3-5-21)33-29-25(23)26(32)27(36-29)28(35)34-30-14-17-10-18(15-30)12-19(11-17)16-30/h1-9,13,17-19H,10-12,14-16,32H2,(H,34,35). The summed E-state index contributed by atoms with van der Waals surface area (Å²) in [5.74, 6) is 1.87. The summed E-state index contributed by atoms with van der Waals surface area (Å²) in [6.45, 7) is 0. The fraction of sp³-hybridized carbons (Fsp3) is 0.333. The second kappa shape index (κ2) is 8.13. The van der Waals surface area contributed by atoms with Gasteiger partial charge in [-0.25, -0.2) is 9.37 Å². The van der Waals surface area contributed by atoms with Crippen LogP contribution in [0.25, 0.3) is 32.6 Å². The van der Waals surface area contributed by atoms with Gasteiger partial charge in [0.25, 0.3) is 5.91 Å². The summed E-state index contributed by atoms with van der Waals surface area (Å²) in [6.07, 6.45) is 7.25. The van der Waals surface area contributed by atoms with Gasteiger partial charge in [-0.1, -0.05) is 42.5 Å². The molecule has 6 heteroatoms. The highest BCUT2D eigenvalue weighted by Crippen LogP contribution is 2.56. The van der Waals surface area contributed by atoms with E-state index in [1.165, 1.54) is 42.7 Å². The Morgan fingerprint density at radius 2 is 1.58 bits per heavy atom. The molecule has 0 radical (unpaired) electrons. The van der Waals surface area contributed by atoms with E-state index in [4.69, 9.17) is 10.7 Å². The maximum atomic E-state index is 13.7. The van der Waals surface area contributed by atoms with Crippen molar-refractivity contribution < 1.29 is 9.18 Å². The van der Waals surface area contributed by atoms with E-state index >= 15 is 0 Å². The molecular formula is C30H28FN3OS. The van der Waals surface area contributed by atoms with E-state index in [0.29, 0.717) is 10.6 Å². The average molecular weight is 498 g/mol. The highest BCUT2D eigenvalue weighted by Gasteiger charge is 2.51. The Bertz CT molecular complexity index is 1440. The van der Waals surface area contributed by atoms with Crippen molar-refractivity contribution in [3.63, 3.8) is 0 Å². The summed E-state index contributed by atoms with van der Waals surface area (Å²) >= 11 is 1.36. The van der Waals surface area contributed by atoms with Gasteiger partial charge in [-0.3, -0.25) is 4.79 Å². The first-order valence-corrected chi connectivity index (χ1v) is 13.6. The molecule has 4 nitrogen and oxygen atoms in total. The van der Waals surface area contributed by atoms with Crippen LogP contribution in [0.1, 0.15) is 48.2 Å². The lowest BCUT2D eigenvalue weighted by Crippen LogP contribution is -2.59. The minimum atomic E-state index is -0.290. The third-order valence-electron chi connectivity index (χ3n) is 8.55. The minimum absolute atomic E-state index is 0.0798. The smallest absolute Gasteiger partial charge is 0.264 e. The molecule has 0 unspecified atom stereocenters. The minimum Gasteiger partial charge on any atom is -0.397 e. The lowest BCUT2D eigenvalue weighted by molar-refractivity contribution is -0.0166. The molecule has 4 aliphatic carbocycles. The average Bonchev–Trinajstić information content (AvgIpc) is 3.20. The molecule has 0 saturated heterocycles. The highest BCUT2D eigenvalue weighted by atomic mass is 32.1. The largest absolute Gasteiger partial charge is 0.397 e. The van der Waals surface area contributed by atoms with Gasteiger partial charge >= 0.3 is 0 Å². The number of pyridine rings is 1. The number of fused-ring (bicyclic) bond motifs is 1. The van der Waals surface area contributed by atoms with E-state index in [1.807, 2.05) is 36.4 Å². The quantitative estimate of drug-likeness (QED) is 0.317. The molecule has 0 atom stereocenters. The van der Waals surface area contributed by atoms with Gasteiger partial charge in [0.2, 0.25) is 0 Å². The molecule has 36 heavy (non-hydrogen) atoms. The Morgan fingerprint density at radius 3 is 2.22 bits per heavy atom. The molecule has 4 bridgehead atoms. The van der Waals surface area contributed by atoms with Crippen LogP contribution in [-0.2, 0) is 0 Å². The first kappa shape index (κ1) is 22.0. The van der Waals surface area contributed by atoms with Gasteiger partial charge in [-0.2, -0.15) is 0 Å². The van der Waals surface area contributed by atoms with Crippen LogP contribution in [0, 0.1) is 23.6 Å². The third-order valence-corrected chi connectivity index (χ3v) is 9.65. The molecule has 1 amide bonds. The van der Waals surface area contributed by atoms with E-state index in [-0.39, 0.29) is 17.3 Å². The van der Waals surface area contributed by atoms with Crippen molar-refractivity contribution in [2.75, 3.05) is 5.73 Å². The molecule has 182 valence electrons. The monoisotopic (exact) mass is 497 g/mol. The van der Waals surface area contributed by atoms with Crippen LogP contribution in [0.3, 0.4) is 0 Å². The second-order valence-electron chi connectivity index (χ2n) is 11.1. The topological polar surface area (TPSA) is 68.0 Å². The first-order valence-electron chi connectivity index (χ1n) is 12.8. The van der Waals surface area contributed by atoms with E-state index in [0.717, 1.165) is 69.6 Å². The molecule has 2 aromatic carbocycles. The van der Waals surface area contributed by atoms with Gasteiger partial charge < -0.3 is 11.1 Å². The summed E-state index contributed by atoms with van der Waals surface area (Å²) in [4.78, 5) is 19.9. The molecule has 4 aromatic rings. The number of hydrogen-bond acceptors (Lipinski definition) is 4. The zero-order valence-corrected chi connectivity index (χ0v) is 20.8. The van der Waals surface area contributed by atoms with E-state index in [1.54, 1.807) is 12.1 Å². The summed E-state index contributed by atoms with van der Waals surface area (Å²) in [6, 6.07) is 18.4. The summed E-state index contributed by atoms with van der Waals surface area (Å²) in [5.41, 5.74) is 10.6. The zero-order valence-electron chi connectivity index (χ0n) is 20.0. The number of benzene rings is 2. The number of anilines is 1. The molecule has 4 fully saturated rings. The predicted molar refractivity (Wildman–Crippen MR) is 143 cm³/mol. The van der Waals surface area contributed by atoms with Gasteiger partial charge in [-0.05, 0) is 85.6 Å². The van der Waals surface area contributed by atoms with Crippen molar-refractivity contribution in [1.29, 1.82) is 0 Å². The molecule has 4 saturated carbocycles. The number of halogens is 1. The van der Waals surface area contributed by atoms with Crippen molar-refractivity contribution in [3.8, 4) is 22.4 Å². The first-order chi connectivity index (χ1) is 17.5. The molecule has 4 aliphatic rings. The Morgan fingerprint density at radius 1 is 0.944 bits per heavy atom. The summed E-state index contributed by atoms with van der Waals surface area (Å²) < 4.78 is 13.7. The molecule has 2 aromatic heterocycles. The normalized spacial score (nSPS) is 26.4. The Balaban J connectivity index is 1.32. The number of nitrogens with zero attached hydrogens (tertiary/aromatic N) is 1. The lowest BCUT2D eigenvalue weighted by atomic mass is 9.53. The van der Waals surface area contributed by atoms with Crippen molar-refractivity contribution in [2.45, 2.75) is 44.1 Å². The van der Waals surface area contributed by atoms with Gasteiger partial charge in [0.1, 0.15) is 15.5 Å². The number of rotatable bonds is 4. The van der Waals surface area contributed by atoms with Gasteiger partial charge in [0.05, 0.1) is 11.4 Å². The molecule has 3 N–H and O–H groups in total. The number of amides is 1. The Hall–Kier alpha value is -3.25. The van der Waals surface area contributed by atoms with Crippen LogP contribution in [0.5, 0.6) is 0 Å².